The normalized spacial score (nSPS) is 17.6. The van der Waals surface area contributed by atoms with Crippen LogP contribution in [0.15, 0.2) is 48.5 Å². The zero-order chi connectivity index (χ0) is 18.0. The second-order valence-electron chi connectivity index (χ2n) is 5.95. The molecule has 1 fully saturated rings. The Bertz CT molecular complexity index is 760. The van der Waals surface area contributed by atoms with Crippen molar-refractivity contribution in [2.75, 3.05) is 13.1 Å². The van der Waals surface area contributed by atoms with Gasteiger partial charge in [0.05, 0.1) is 0 Å². The average molecular weight is 350 g/mol. The van der Waals surface area contributed by atoms with Crippen LogP contribution in [-0.2, 0) is 0 Å². The van der Waals surface area contributed by atoms with Crippen molar-refractivity contribution in [1.29, 1.82) is 0 Å². The summed E-state index contributed by atoms with van der Waals surface area (Å²) in [6, 6.07) is 12.5. The van der Waals surface area contributed by atoms with E-state index in [-0.39, 0.29) is 17.7 Å². The molecule has 2 aromatic carbocycles. The molecule has 0 spiro atoms. The zero-order valence-corrected chi connectivity index (χ0v) is 13.3. The van der Waals surface area contributed by atoms with Gasteiger partial charge in [-0.1, -0.05) is 24.3 Å². The van der Waals surface area contributed by atoms with Crippen molar-refractivity contribution in [2.24, 2.45) is 5.73 Å². The zero-order valence-electron chi connectivity index (χ0n) is 13.3. The monoisotopic (exact) mass is 350 g/mol. The maximum Gasteiger partial charge on any atom is 0.573 e. The van der Waals surface area contributed by atoms with Crippen LogP contribution in [0, 0.1) is 0 Å². The Morgan fingerprint density at radius 1 is 1.12 bits per heavy atom. The van der Waals surface area contributed by atoms with Crippen molar-refractivity contribution < 1.29 is 22.7 Å². The summed E-state index contributed by atoms with van der Waals surface area (Å²) in [5, 5.41) is 0. The van der Waals surface area contributed by atoms with Crippen LogP contribution in [-0.4, -0.2) is 36.3 Å². The minimum absolute atomic E-state index is 0.0135. The number of nitrogens with zero attached hydrogens (tertiary/aromatic N) is 1. The number of carbonyl (C=O) groups excluding carboxylic acids is 1. The first-order valence-corrected chi connectivity index (χ1v) is 7.83. The topological polar surface area (TPSA) is 55.6 Å². The van der Waals surface area contributed by atoms with Crippen molar-refractivity contribution in [2.45, 2.75) is 18.8 Å². The lowest BCUT2D eigenvalue weighted by atomic mass is 10.0. The molecule has 0 aromatic heterocycles. The lowest BCUT2D eigenvalue weighted by molar-refractivity contribution is -0.274. The fourth-order valence-corrected chi connectivity index (χ4v) is 2.83. The Kier molecular flexibility index (Phi) is 4.67. The molecule has 1 aliphatic heterocycles. The van der Waals surface area contributed by atoms with E-state index < -0.39 is 6.36 Å². The predicted molar refractivity (Wildman–Crippen MR) is 87.1 cm³/mol. The molecule has 1 saturated heterocycles. The molecule has 2 aromatic rings. The van der Waals surface area contributed by atoms with Crippen molar-refractivity contribution in [1.82, 2.24) is 4.90 Å². The van der Waals surface area contributed by atoms with Crippen LogP contribution in [0.1, 0.15) is 16.8 Å². The van der Waals surface area contributed by atoms with Gasteiger partial charge >= 0.3 is 6.36 Å². The van der Waals surface area contributed by atoms with Crippen molar-refractivity contribution in [3.8, 4) is 16.9 Å². The van der Waals surface area contributed by atoms with Gasteiger partial charge in [0.2, 0.25) is 0 Å². The second-order valence-corrected chi connectivity index (χ2v) is 5.95. The van der Waals surface area contributed by atoms with Gasteiger partial charge in [-0.15, -0.1) is 13.2 Å². The van der Waals surface area contributed by atoms with Crippen molar-refractivity contribution >= 4 is 5.91 Å². The van der Waals surface area contributed by atoms with E-state index in [4.69, 9.17) is 5.73 Å². The summed E-state index contributed by atoms with van der Waals surface area (Å²) in [5.41, 5.74) is 7.61. The SMILES string of the molecule is N[C@H]1CCN(C(=O)c2ccc(-c3cccc(OC(F)(F)F)c3)cc2)C1. The van der Waals surface area contributed by atoms with E-state index in [1.165, 1.54) is 18.2 Å². The first kappa shape index (κ1) is 17.3. The number of halogens is 3. The van der Waals surface area contributed by atoms with Gasteiger partial charge in [-0.3, -0.25) is 4.79 Å². The molecule has 2 N–H and O–H groups in total. The molecule has 132 valence electrons. The second kappa shape index (κ2) is 6.76. The third-order valence-corrected chi connectivity index (χ3v) is 4.04. The summed E-state index contributed by atoms with van der Waals surface area (Å²) in [4.78, 5) is 14.1. The molecule has 3 rings (SSSR count). The van der Waals surface area contributed by atoms with E-state index in [9.17, 15) is 18.0 Å². The summed E-state index contributed by atoms with van der Waals surface area (Å²) in [6.07, 6.45) is -3.94. The van der Waals surface area contributed by atoms with Crippen LogP contribution in [0.5, 0.6) is 5.75 Å². The van der Waals surface area contributed by atoms with Crippen LogP contribution < -0.4 is 10.5 Å². The molecular formula is C18H17F3N2O2. The highest BCUT2D eigenvalue weighted by atomic mass is 19.4. The smallest absolute Gasteiger partial charge is 0.406 e. The molecule has 0 unspecified atom stereocenters. The average Bonchev–Trinajstić information content (AvgIpc) is 2.99. The van der Waals surface area contributed by atoms with E-state index in [0.717, 1.165) is 6.42 Å². The van der Waals surface area contributed by atoms with E-state index in [0.29, 0.717) is 29.8 Å². The standard InChI is InChI=1S/C18H17F3N2O2/c19-18(20,21)25-16-3-1-2-14(10-16)12-4-6-13(7-5-12)17(24)23-9-8-15(22)11-23/h1-7,10,15H,8-9,11,22H2/t15-/m0/s1. The summed E-state index contributed by atoms with van der Waals surface area (Å²) >= 11 is 0. The maximum atomic E-state index is 12.4. The van der Waals surface area contributed by atoms with Gasteiger partial charge < -0.3 is 15.4 Å². The molecule has 4 nitrogen and oxygen atoms in total. The largest absolute Gasteiger partial charge is 0.573 e. The lowest BCUT2D eigenvalue weighted by Crippen LogP contribution is -2.31. The first-order valence-electron chi connectivity index (χ1n) is 7.83. The van der Waals surface area contributed by atoms with Crippen LogP contribution in [0.3, 0.4) is 0 Å². The molecule has 1 aliphatic rings. The third kappa shape index (κ3) is 4.30. The summed E-state index contributed by atoms with van der Waals surface area (Å²) in [6.45, 7) is 1.18. The maximum absolute atomic E-state index is 12.4. The molecular weight excluding hydrogens is 333 g/mol. The number of benzene rings is 2. The number of ether oxygens (including phenoxy) is 1. The number of carbonyl (C=O) groups is 1. The van der Waals surface area contributed by atoms with Crippen molar-refractivity contribution in [3.05, 3.63) is 54.1 Å². The van der Waals surface area contributed by atoms with E-state index in [1.807, 2.05) is 0 Å². The highest BCUT2D eigenvalue weighted by Crippen LogP contribution is 2.28. The van der Waals surface area contributed by atoms with Crippen LogP contribution in [0.25, 0.3) is 11.1 Å². The quantitative estimate of drug-likeness (QED) is 0.923. The Morgan fingerprint density at radius 2 is 1.84 bits per heavy atom. The van der Waals surface area contributed by atoms with Gasteiger partial charge in [-0.2, -0.15) is 0 Å². The molecule has 1 amide bonds. The summed E-state index contributed by atoms with van der Waals surface area (Å²) < 4.78 is 40.9. The van der Waals surface area contributed by atoms with Crippen LogP contribution in [0.2, 0.25) is 0 Å². The molecule has 25 heavy (non-hydrogen) atoms. The molecule has 0 bridgehead atoms. The molecule has 0 saturated carbocycles. The Hall–Kier alpha value is -2.54. The van der Waals surface area contributed by atoms with Gasteiger partial charge in [0.1, 0.15) is 5.75 Å². The van der Waals surface area contributed by atoms with Gasteiger partial charge in [0, 0.05) is 24.7 Å². The van der Waals surface area contributed by atoms with Gasteiger partial charge in [0.25, 0.3) is 5.91 Å². The first-order chi connectivity index (χ1) is 11.8. The fourth-order valence-electron chi connectivity index (χ4n) is 2.83. The minimum atomic E-state index is -4.73. The predicted octanol–water partition coefficient (Wildman–Crippen LogP) is 3.43. The minimum Gasteiger partial charge on any atom is -0.406 e. The van der Waals surface area contributed by atoms with Crippen molar-refractivity contribution in [3.63, 3.8) is 0 Å². The van der Waals surface area contributed by atoms with Crippen LogP contribution >= 0.6 is 0 Å². The number of rotatable bonds is 3. The Morgan fingerprint density at radius 3 is 2.44 bits per heavy atom. The molecule has 1 atom stereocenters. The molecule has 0 radical (unpaired) electrons. The van der Waals surface area contributed by atoms with E-state index in [1.54, 1.807) is 35.2 Å². The molecule has 7 heteroatoms. The van der Waals surface area contributed by atoms with Gasteiger partial charge in [-0.05, 0) is 41.8 Å². The number of amides is 1. The molecule has 1 heterocycles. The number of hydrogen-bond donors (Lipinski definition) is 1. The van der Waals surface area contributed by atoms with Gasteiger partial charge in [0.15, 0.2) is 0 Å². The van der Waals surface area contributed by atoms with Crippen LogP contribution in [0.4, 0.5) is 13.2 Å². The fraction of sp³-hybridized carbons (Fsp3) is 0.278. The third-order valence-electron chi connectivity index (χ3n) is 4.04. The van der Waals surface area contributed by atoms with Gasteiger partial charge in [-0.25, -0.2) is 0 Å². The number of alkyl halides is 3. The lowest BCUT2D eigenvalue weighted by Gasteiger charge is -2.16. The summed E-state index contributed by atoms with van der Waals surface area (Å²) in [5.74, 6) is -0.370. The number of nitrogens with two attached hydrogens (primary N) is 1. The molecule has 0 aliphatic carbocycles. The van der Waals surface area contributed by atoms with E-state index in [2.05, 4.69) is 4.74 Å². The Balaban J connectivity index is 1.76. The summed E-state index contributed by atoms with van der Waals surface area (Å²) in [7, 11) is 0. The highest BCUT2D eigenvalue weighted by molar-refractivity contribution is 5.95. The van der Waals surface area contributed by atoms with E-state index >= 15 is 0 Å². The highest BCUT2D eigenvalue weighted by Gasteiger charge is 2.31. The Labute approximate surface area is 143 Å². The number of hydrogen-bond acceptors (Lipinski definition) is 3. The number of likely N-dealkylation sites (tertiary alicyclic amines) is 1.